The molecule has 0 amide bonds. The summed E-state index contributed by atoms with van der Waals surface area (Å²) in [6.45, 7) is 4.79. The van der Waals surface area contributed by atoms with E-state index in [-0.39, 0.29) is 24.5 Å². The van der Waals surface area contributed by atoms with Crippen LogP contribution in [0.15, 0.2) is 18.3 Å². The highest BCUT2D eigenvalue weighted by Crippen LogP contribution is 2.32. The number of tetrazole rings is 1. The third-order valence-corrected chi connectivity index (χ3v) is 5.30. The Balaban J connectivity index is 1.81. The monoisotopic (exact) mass is 374 g/mol. The first-order valence-corrected chi connectivity index (χ1v) is 9.30. The number of hydrogen-bond acceptors (Lipinski definition) is 7. The lowest BCUT2D eigenvalue weighted by atomic mass is 9.79. The predicted octanol–water partition coefficient (Wildman–Crippen LogP) is 1.24. The van der Waals surface area contributed by atoms with Crippen LogP contribution >= 0.6 is 0 Å². The molecule has 1 aliphatic rings. The van der Waals surface area contributed by atoms with Gasteiger partial charge in [0.2, 0.25) is 0 Å². The number of aromatic nitrogens is 5. The maximum absolute atomic E-state index is 11.8. The van der Waals surface area contributed by atoms with Crippen molar-refractivity contribution in [2.24, 2.45) is 11.8 Å². The molecule has 27 heavy (non-hydrogen) atoms. The first-order chi connectivity index (χ1) is 13.0. The molecular weight excluding hydrogens is 348 g/mol. The van der Waals surface area contributed by atoms with Gasteiger partial charge in [0.1, 0.15) is 5.82 Å². The lowest BCUT2D eigenvalue weighted by Gasteiger charge is -2.26. The standard InChI is InChI=1S/C18H26N6O3/c1-11(2)16(18(26)27)14(17-20-22-23-21-17)8-12-5-6-15(19-9-12)24-7-3-4-13(24)10-25/h5-6,9,11,13-14,16,25H,3-4,7-8,10H2,1-2H3,(H,26,27)(H,20,21,22,23)/t13-,14+,16+/m1/s1. The zero-order chi connectivity index (χ0) is 19.4. The van der Waals surface area contributed by atoms with Crippen molar-refractivity contribution in [3.05, 3.63) is 29.7 Å². The number of rotatable bonds is 8. The summed E-state index contributed by atoms with van der Waals surface area (Å²) in [6.07, 6.45) is 4.26. The summed E-state index contributed by atoms with van der Waals surface area (Å²) in [5.41, 5.74) is 0.923. The summed E-state index contributed by atoms with van der Waals surface area (Å²) in [5.74, 6) is -0.607. The molecule has 0 aliphatic carbocycles. The van der Waals surface area contributed by atoms with Crippen molar-refractivity contribution >= 4 is 11.8 Å². The minimum absolute atomic E-state index is 0.0697. The van der Waals surface area contributed by atoms with Gasteiger partial charge in [0.25, 0.3) is 0 Å². The highest BCUT2D eigenvalue weighted by Gasteiger charge is 2.34. The summed E-state index contributed by atoms with van der Waals surface area (Å²) in [7, 11) is 0. The normalized spacial score (nSPS) is 19.4. The number of nitrogens with one attached hydrogen (secondary N) is 1. The van der Waals surface area contributed by atoms with Crippen LogP contribution in [0.5, 0.6) is 0 Å². The molecule has 146 valence electrons. The van der Waals surface area contributed by atoms with Crippen LogP contribution in [-0.2, 0) is 11.2 Å². The van der Waals surface area contributed by atoms with Gasteiger partial charge < -0.3 is 15.1 Å². The second kappa shape index (κ2) is 8.43. The molecule has 0 unspecified atom stereocenters. The summed E-state index contributed by atoms with van der Waals surface area (Å²) in [4.78, 5) is 18.5. The molecule has 0 aromatic carbocycles. The molecular formula is C18H26N6O3. The molecule has 3 rings (SSSR count). The minimum Gasteiger partial charge on any atom is -0.481 e. The highest BCUT2D eigenvalue weighted by atomic mass is 16.4. The number of carbonyl (C=O) groups is 1. The molecule has 0 bridgehead atoms. The molecule has 3 heterocycles. The van der Waals surface area contributed by atoms with Crippen LogP contribution in [0.25, 0.3) is 0 Å². The largest absolute Gasteiger partial charge is 0.481 e. The Morgan fingerprint density at radius 3 is 2.78 bits per heavy atom. The molecule has 0 saturated carbocycles. The number of hydrogen-bond donors (Lipinski definition) is 3. The van der Waals surface area contributed by atoms with E-state index in [1.165, 1.54) is 0 Å². The molecule has 1 fully saturated rings. The van der Waals surface area contributed by atoms with Gasteiger partial charge in [-0.25, -0.2) is 10.1 Å². The Morgan fingerprint density at radius 1 is 1.41 bits per heavy atom. The van der Waals surface area contributed by atoms with Crippen molar-refractivity contribution in [2.75, 3.05) is 18.1 Å². The van der Waals surface area contributed by atoms with E-state index < -0.39 is 11.9 Å². The predicted molar refractivity (Wildman–Crippen MR) is 98.3 cm³/mol. The molecule has 9 heteroatoms. The number of carboxylic acids is 1. The van der Waals surface area contributed by atoms with E-state index >= 15 is 0 Å². The number of aliphatic hydroxyl groups is 1. The average molecular weight is 374 g/mol. The molecule has 0 radical (unpaired) electrons. The fourth-order valence-electron chi connectivity index (χ4n) is 3.93. The van der Waals surface area contributed by atoms with Gasteiger partial charge >= 0.3 is 5.97 Å². The van der Waals surface area contributed by atoms with Gasteiger partial charge in [-0.15, -0.1) is 5.10 Å². The third kappa shape index (κ3) is 4.24. The number of aromatic amines is 1. The molecule has 2 aromatic rings. The Bertz CT molecular complexity index is 734. The topological polar surface area (TPSA) is 128 Å². The molecule has 1 saturated heterocycles. The van der Waals surface area contributed by atoms with Gasteiger partial charge in [0.05, 0.1) is 18.6 Å². The second-order valence-electron chi connectivity index (χ2n) is 7.40. The molecule has 3 atom stereocenters. The van der Waals surface area contributed by atoms with Gasteiger partial charge in [-0.05, 0) is 47.2 Å². The van der Waals surface area contributed by atoms with Crippen molar-refractivity contribution in [3.63, 3.8) is 0 Å². The summed E-state index contributed by atoms with van der Waals surface area (Å²) in [6, 6.07) is 4.02. The van der Waals surface area contributed by atoms with Crippen LogP contribution in [0, 0.1) is 11.8 Å². The number of anilines is 1. The Morgan fingerprint density at radius 2 is 2.22 bits per heavy atom. The van der Waals surface area contributed by atoms with Gasteiger partial charge in [-0.3, -0.25) is 4.79 Å². The second-order valence-corrected chi connectivity index (χ2v) is 7.40. The van der Waals surface area contributed by atoms with Crippen LogP contribution in [0.1, 0.15) is 44.0 Å². The zero-order valence-electron chi connectivity index (χ0n) is 15.6. The molecule has 1 aliphatic heterocycles. The molecule has 9 nitrogen and oxygen atoms in total. The van der Waals surface area contributed by atoms with Crippen molar-refractivity contribution in [1.82, 2.24) is 25.6 Å². The lowest BCUT2D eigenvalue weighted by molar-refractivity contribution is -0.144. The number of H-pyrrole nitrogens is 1. The van der Waals surface area contributed by atoms with Crippen molar-refractivity contribution in [2.45, 2.75) is 45.1 Å². The SMILES string of the molecule is CC(C)[C@H](C(=O)O)[C@H](Cc1ccc(N2CCC[C@@H]2CO)nc1)c1nnn[nH]1. The number of pyridine rings is 1. The minimum atomic E-state index is -0.862. The van der Waals surface area contributed by atoms with Crippen LogP contribution in [0.2, 0.25) is 0 Å². The maximum atomic E-state index is 11.8. The molecule has 3 N–H and O–H groups in total. The Hall–Kier alpha value is -2.55. The van der Waals surface area contributed by atoms with Gasteiger partial charge in [0, 0.05) is 18.7 Å². The van der Waals surface area contributed by atoms with E-state index in [9.17, 15) is 15.0 Å². The van der Waals surface area contributed by atoms with E-state index in [0.717, 1.165) is 30.8 Å². The molecule has 0 spiro atoms. The zero-order valence-corrected chi connectivity index (χ0v) is 15.6. The van der Waals surface area contributed by atoms with Crippen LogP contribution < -0.4 is 4.90 Å². The highest BCUT2D eigenvalue weighted by molar-refractivity contribution is 5.71. The molecule has 2 aromatic heterocycles. The fraction of sp³-hybridized carbons (Fsp3) is 0.611. The van der Waals surface area contributed by atoms with E-state index in [1.54, 1.807) is 6.20 Å². The first-order valence-electron chi connectivity index (χ1n) is 9.30. The summed E-state index contributed by atoms with van der Waals surface area (Å²) in [5, 5.41) is 33.1. The van der Waals surface area contributed by atoms with Gasteiger partial charge in [-0.1, -0.05) is 19.9 Å². The quantitative estimate of drug-likeness (QED) is 0.629. The Kier molecular flexibility index (Phi) is 6.00. The van der Waals surface area contributed by atoms with Crippen LogP contribution in [0.3, 0.4) is 0 Å². The number of carboxylic acid groups (broad SMARTS) is 1. The summed E-state index contributed by atoms with van der Waals surface area (Å²) < 4.78 is 0. The van der Waals surface area contributed by atoms with Crippen LogP contribution in [0.4, 0.5) is 5.82 Å². The lowest BCUT2D eigenvalue weighted by Crippen LogP contribution is -2.32. The average Bonchev–Trinajstić information content (AvgIpc) is 3.32. The smallest absolute Gasteiger partial charge is 0.307 e. The fourth-order valence-corrected chi connectivity index (χ4v) is 3.93. The summed E-state index contributed by atoms with van der Waals surface area (Å²) >= 11 is 0. The third-order valence-electron chi connectivity index (χ3n) is 5.30. The van der Waals surface area contributed by atoms with E-state index in [2.05, 4.69) is 30.5 Å². The maximum Gasteiger partial charge on any atom is 0.307 e. The van der Waals surface area contributed by atoms with Crippen molar-refractivity contribution in [3.8, 4) is 0 Å². The number of aliphatic hydroxyl groups excluding tert-OH is 1. The van der Waals surface area contributed by atoms with Gasteiger partial charge in [-0.2, -0.15) is 0 Å². The van der Waals surface area contributed by atoms with Crippen molar-refractivity contribution < 1.29 is 15.0 Å². The van der Waals surface area contributed by atoms with E-state index in [0.29, 0.717) is 12.2 Å². The Labute approximate surface area is 157 Å². The number of aliphatic carboxylic acids is 1. The first kappa shape index (κ1) is 19.2. The van der Waals surface area contributed by atoms with E-state index in [1.807, 2.05) is 26.0 Å². The van der Waals surface area contributed by atoms with Crippen molar-refractivity contribution in [1.29, 1.82) is 0 Å². The van der Waals surface area contributed by atoms with E-state index in [4.69, 9.17) is 0 Å². The van der Waals surface area contributed by atoms with Crippen LogP contribution in [-0.4, -0.2) is 61.0 Å². The van der Waals surface area contributed by atoms with Gasteiger partial charge in [0.15, 0.2) is 5.82 Å². The number of nitrogens with zero attached hydrogens (tertiary/aromatic N) is 5.